The van der Waals surface area contributed by atoms with Crippen LogP contribution in [0, 0.1) is 0 Å². The van der Waals surface area contributed by atoms with Crippen molar-refractivity contribution in [3.8, 4) is 0 Å². The molecular weight excluding hydrogens is 614 g/mol. The van der Waals surface area contributed by atoms with Gasteiger partial charge in [0.1, 0.15) is 9.49 Å². The lowest BCUT2D eigenvalue weighted by Crippen LogP contribution is -2.44. The fourth-order valence-corrected chi connectivity index (χ4v) is 5.94. The molecule has 1 fully saturated rings. The van der Waals surface area contributed by atoms with Gasteiger partial charge in [-0.05, 0) is 49.2 Å². The average molecular weight is 633 g/mol. The predicted octanol–water partition coefficient (Wildman–Crippen LogP) is 7.74. The third-order valence-corrected chi connectivity index (χ3v) is 8.02. The summed E-state index contributed by atoms with van der Waals surface area (Å²) in [6.45, 7) is 1.66. The summed E-state index contributed by atoms with van der Waals surface area (Å²) >= 11 is 30.1. The number of carbonyl (C=O) groups is 2. The Morgan fingerprint density at radius 2 is 1.68 bits per heavy atom. The van der Waals surface area contributed by atoms with Crippen LogP contribution in [-0.2, 0) is 0 Å². The number of nitrogens with zero attached hydrogens (tertiary/aromatic N) is 3. The number of pyridine rings is 2. The molecule has 7 nitrogen and oxygen atoms in total. The van der Waals surface area contributed by atoms with Crippen molar-refractivity contribution in [1.82, 2.24) is 15.3 Å². The number of hydrogen-bond donors (Lipinski definition) is 2. The molecule has 0 aliphatic carbocycles. The Bertz CT molecular complexity index is 1490. The van der Waals surface area contributed by atoms with Crippen molar-refractivity contribution in [1.29, 1.82) is 0 Å². The van der Waals surface area contributed by atoms with Gasteiger partial charge in [-0.1, -0.05) is 58.0 Å². The van der Waals surface area contributed by atoms with Gasteiger partial charge in [-0.25, -0.2) is 9.78 Å². The van der Waals surface area contributed by atoms with Crippen molar-refractivity contribution < 1.29 is 14.7 Å². The molecule has 38 heavy (non-hydrogen) atoms. The molecule has 0 bridgehead atoms. The van der Waals surface area contributed by atoms with Crippen LogP contribution in [0.5, 0.6) is 0 Å². The Hall–Kier alpha value is -2.33. The highest BCUT2D eigenvalue weighted by molar-refractivity contribution is 7.20. The molecule has 1 aliphatic heterocycles. The van der Waals surface area contributed by atoms with Crippen molar-refractivity contribution in [3.63, 3.8) is 0 Å². The predicted molar refractivity (Wildman–Crippen MR) is 155 cm³/mol. The lowest BCUT2D eigenvalue weighted by Gasteiger charge is -2.34. The Labute approximate surface area is 247 Å². The number of thiophene rings is 1. The van der Waals surface area contributed by atoms with E-state index in [0.717, 1.165) is 53.9 Å². The number of hydrogen-bond acceptors (Lipinski definition) is 6. The summed E-state index contributed by atoms with van der Waals surface area (Å²) in [6, 6.07) is 10.7. The first-order chi connectivity index (χ1) is 18.1. The van der Waals surface area contributed by atoms with E-state index in [4.69, 9.17) is 63.1 Å². The number of carbonyl (C=O) groups excluding carboxylic acids is 1. The zero-order chi connectivity index (χ0) is 27.4. The molecule has 1 aromatic carbocycles. The summed E-state index contributed by atoms with van der Waals surface area (Å²) in [5, 5.41) is 13.8. The smallest absolute Gasteiger partial charge is 0.338 e. The van der Waals surface area contributed by atoms with Crippen LogP contribution in [0.25, 0.3) is 10.9 Å². The van der Waals surface area contributed by atoms with Gasteiger partial charge in [-0.2, -0.15) is 0 Å². The Kier molecular flexibility index (Phi) is 9.57. The summed E-state index contributed by atoms with van der Waals surface area (Å²) in [4.78, 5) is 33.5. The number of anilines is 1. The third-order valence-electron chi connectivity index (χ3n) is 5.79. The summed E-state index contributed by atoms with van der Waals surface area (Å²) < 4.78 is 0.611. The second-order valence-corrected chi connectivity index (χ2v) is 11.8. The van der Waals surface area contributed by atoms with E-state index in [0.29, 0.717) is 19.9 Å². The molecule has 2 N–H and O–H groups in total. The molecule has 0 saturated carbocycles. The number of piperidine rings is 1. The number of aromatic nitrogens is 2. The van der Waals surface area contributed by atoms with Gasteiger partial charge in [0.05, 0.1) is 26.0 Å². The summed E-state index contributed by atoms with van der Waals surface area (Å²) in [5.74, 6) is -1.30. The topological polar surface area (TPSA) is 95.4 Å². The van der Waals surface area contributed by atoms with Crippen molar-refractivity contribution in [2.75, 3.05) is 18.0 Å². The van der Waals surface area contributed by atoms with Crippen molar-refractivity contribution in [3.05, 3.63) is 83.8 Å². The van der Waals surface area contributed by atoms with Gasteiger partial charge in [0.15, 0.2) is 0 Å². The third kappa shape index (κ3) is 7.00. The van der Waals surface area contributed by atoms with E-state index in [1.165, 1.54) is 18.3 Å². The number of amides is 1. The second-order valence-electron chi connectivity index (χ2n) is 8.26. The number of benzene rings is 1. The second kappa shape index (κ2) is 12.7. The monoisotopic (exact) mass is 630 g/mol. The molecule has 1 aliphatic rings. The molecule has 198 valence electrons. The zero-order valence-corrected chi connectivity index (χ0v) is 24.0. The highest BCUT2D eigenvalue weighted by Crippen LogP contribution is 2.31. The number of rotatable bonds is 4. The minimum Gasteiger partial charge on any atom is -0.478 e. The highest BCUT2D eigenvalue weighted by atomic mass is 35.5. The van der Waals surface area contributed by atoms with Crippen molar-refractivity contribution in [2.24, 2.45) is 0 Å². The zero-order valence-electron chi connectivity index (χ0n) is 19.4. The first kappa shape index (κ1) is 28.7. The maximum atomic E-state index is 12.5. The molecule has 1 saturated heterocycles. The van der Waals surface area contributed by atoms with E-state index >= 15 is 0 Å². The first-order valence-corrected chi connectivity index (χ1v) is 13.9. The molecule has 13 heteroatoms. The van der Waals surface area contributed by atoms with Crippen LogP contribution >= 0.6 is 69.3 Å². The van der Waals surface area contributed by atoms with Crippen LogP contribution in [0.2, 0.25) is 23.9 Å². The van der Waals surface area contributed by atoms with Gasteiger partial charge in [0.2, 0.25) is 0 Å². The van der Waals surface area contributed by atoms with Gasteiger partial charge in [-0.3, -0.25) is 9.78 Å². The highest BCUT2D eigenvalue weighted by Gasteiger charge is 2.23. The van der Waals surface area contributed by atoms with Crippen LogP contribution < -0.4 is 10.2 Å². The van der Waals surface area contributed by atoms with Gasteiger partial charge in [-0.15, -0.1) is 11.3 Å². The van der Waals surface area contributed by atoms with Crippen LogP contribution in [0.1, 0.15) is 33.6 Å². The van der Waals surface area contributed by atoms with Gasteiger partial charge >= 0.3 is 5.97 Å². The van der Waals surface area contributed by atoms with Gasteiger partial charge < -0.3 is 15.3 Å². The van der Waals surface area contributed by atoms with E-state index in [2.05, 4.69) is 20.2 Å². The Balaban J connectivity index is 0.000000283. The van der Waals surface area contributed by atoms with Crippen LogP contribution in [0.3, 0.4) is 0 Å². The normalized spacial score (nSPS) is 13.7. The largest absolute Gasteiger partial charge is 0.478 e. The number of halogens is 5. The Morgan fingerprint density at radius 1 is 0.947 bits per heavy atom. The summed E-state index contributed by atoms with van der Waals surface area (Å²) in [5.41, 5.74) is 2.38. The lowest BCUT2D eigenvalue weighted by molar-refractivity contribution is 0.0697. The first-order valence-electron chi connectivity index (χ1n) is 11.2. The summed E-state index contributed by atoms with van der Waals surface area (Å²) in [7, 11) is 0. The van der Waals surface area contributed by atoms with Crippen LogP contribution in [-0.4, -0.2) is 46.1 Å². The fraction of sp³-hybridized carbons (Fsp3) is 0.200. The molecule has 1 amide bonds. The number of aromatic carboxylic acids is 1. The van der Waals surface area contributed by atoms with E-state index in [9.17, 15) is 9.59 Å². The number of carboxylic acids is 1. The fourth-order valence-electron chi connectivity index (χ4n) is 3.98. The standard InChI is InChI=1S/C20H17Cl3N4O.C5H2Cl2O2S/c21-12-1-2-15-17(10-12)24-6-3-18(15)27-7-4-14(5-8-27)26-20(28)16-9-13(22)11-25-19(16)23;6-3-1-2(5(8)9)4(7)10-3/h1-3,6,9-11,14H,4-5,7-8H2,(H,26,28);1H,(H,8,9). The van der Waals surface area contributed by atoms with Crippen molar-refractivity contribution >= 4 is 97.8 Å². The molecule has 0 spiro atoms. The molecule has 0 atom stereocenters. The van der Waals surface area contributed by atoms with Crippen LogP contribution in [0.4, 0.5) is 5.69 Å². The van der Waals surface area contributed by atoms with E-state index < -0.39 is 5.97 Å². The summed E-state index contributed by atoms with van der Waals surface area (Å²) in [6.07, 6.45) is 4.88. The van der Waals surface area contributed by atoms with E-state index in [1.807, 2.05) is 24.3 Å². The SMILES string of the molecule is O=C(NC1CCN(c2ccnc3cc(Cl)ccc23)CC1)c1cc(Cl)cnc1Cl.O=C(O)c1cc(Cl)sc1Cl. The maximum Gasteiger partial charge on any atom is 0.338 e. The van der Waals surface area contributed by atoms with Gasteiger partial charge in [0, 0.05) is 47.6 Å². The van der Waals surface area contributed by atoms with Crippen LogP contribution in [0.15, 0.2) is 48.8 Å². The lowest BCUT2D eigenvalue weighted by atomic mass is 10.0. The molecule has 4 heterocycles. The van der Waals surface area contributed by atoms with Crippen molar-refractivity contribution in [2.45, 2.75) is 18.9 Å². The molecule has 4 aromatic rings. The maximum absolute atomic E-state index is 12.5. The van der Waals surface area contributed by atoms with E-state index in [-0.39, 0.29) is 27.0 Å². The molecule has 5 rings (SSSR count). The number of nitrogens with one attached hydrogen (secondary N) is 1. The number of carboxylic acid groups (broad SMARTS) is 1. The van der Waals surface area contributed by atoms with E-state index in [1.54, 1.807) is 6.20 Å². The minimum absolute atomic E-state index is 0.0664. The molecule has 3 aromatic heterocycles. The quantitative estimate of drug-likeness (QED) is 0.224. The average Bonchev–Trinajstić information content (AvgIpc) is 3.24. The molecular formula is C25H19Cl5N4O3S. The molecule has 0 radical (unpaired) electrons. The Morgan fingerprint density at radius 3 is 2.32 bits per heavy atom. The minimum atomic E-state index is -1.05. The van der Waals surface area contributed by atoms with Gasteiger partial charge in [0.25, 0.3) is 5.91 Å². The molecule has 0 unspecified atom stereocenters. The number of fused-ring (bicyclic) bond motifs is 1.